The van der Waals surface area contributed by atoms with Crippen LogP contribution in [0.5, 0.6) is 0 Å². The maximum Gasteiger partial charge on any atom is 0.144 e. The Balaban J connectivity index is 2.55. The summed E-state index contributed by atoms with van der Waals surface area (Å²) in [5.74, 6) is 0.846. The fourth-order valence-corrected chi connectivity index (χ4v) is 1.91. The molecule has 0 spiro atoms. The van der Waals surface area contributed by atoms with E-state index in [0.29, 0.717) is 6.04 Å². The molecule has 0 bridgehead atoms. The van der Waals surface area contributed by atoms with Crippen LogP contribution in [-0.2, 0) is 11.3 Å². The van der Waals surface area contributed by atoms with Gasteiger partial charge in [0.05, 0.1) is 24.7 Å². The molecule has 1 N–H and O–H groups in total. The van der Waals surface area contributed by atoms with Crippen molar-refractivity contribution in [3.8, 4) is 0 Å². The zero-order valence-corrected chi connectivity index (χ0v) is 12.5. The molecule has 0 aliphatic heterocycles. The van der Waals surface area contributed by atoms with Gasteiger partial charge in [0.1, 0.15) is 5.82 Å². The smallest absolute Gasteiger partial charge is 0.144 e. The number of likely N-dealkylation sites (N-methyl/N-ethyl adjacent to an activating group) is 1. The largest absolute Gasteiger partial charge is 0.383 e. The Bertz CT molecular complexity index is 342. The van der Waals surface area contributed by atoms with Crippen molar-refractivity contribution >= 4 is 5.82 Å². The van der Waals surface area contributed by atoms with Gasteiger partial charge in [-0.25, -0.2) is 4.98 Å². The maximum absolute atomic E-state index is 5.20. The van der Waals surface area contributed by atoms with Crippen molar-refractivity contribution in [1.29, 1.82) is 0 Å². The Hall–Kier alpha value is -1.20. The van der Waals surface area contributed by atoms with Crippen molar-refractivity contribution in [2.24, 2.45) is 0 Å². The van der Waals surface area contributed by atoms with E-state index < -0.39 is 0 Å². The van der Waals surface area contributed by atoms with E-state index in [-0.39, 0.29) is 0 Å². The quantitative estimate of drug-likeness (QED) is 0.742. The van der Waals surface area contributed by atoms with Crippen molar-refractivity contribution in [2.75, 3.05) is 32.1 Å². The summed E-state index contributed by atoms with van der Waals surface area (Å²) in [5.41, 5.74) is 0.992. The van der Waals surface area contributed by atoms with Crippen molar-refractivity contribution in [2.45, 2.75) is 39.8 Å². The highest BCUT2D eigenvalue weighted by atomic mass is 16.5. The number of methoxy groups -OCH3 is 1. The van der Waals surface area contributed by atoms with Crippen LogP contribution in [0.4, 0.5) is 5.82 Å². The number of rotatable bonds is 9. The molecule has 1 aromatic heterocycles. The minimum Gasteiger partial charge on any atom is -0.383 e. The minimum atomic E-state index is 0.384. The van der Waals surface area contributed by atoms with E-state index >= 15 is 0 Å². The first-order valence-corrected chi connectivity index (χ1v) is 6.99. The van der Waals surface area contributed by atoms with Gasteiger partial charge in [0.2, 0.25) is 0 Å². The summed E-state index contributed by atoms with van der Waals surface area (Å²) in [7, 11) is 1.73. The van der Waals surface area contributed by atoms with Gasteiger partial charge in [0, 0.05) is 26.2 Å². The van der Waals surface area contributed by atoms with Gasteiger partial charge in [-0.05, 0) is 19.9 Å². The van der Waals surface area contributed by atoms with Crippen LogP contribution in [0.25, 0.3) is 0 Å². The number of anilines is 1. The lowest BCUT2D eigenvalue weighted by molar-refractivity contribution is 0.0973. The van der Waals surface area contributed by atoms with Crippen molar-refractivity contribution in [3.05, 3.63) is 18.1 Å². The molecule has 0 aliphatic rings. The van der Waals surface area contributed by atoms with E-state index in [0.717, 1.165) is 44.2 Å². The number of nitrogens with one attached hydrogen (secondary N) is 1. The Morgan fingerprint density at radius 3 is 2.63 bits per heavy atom. The van der Waals surface area contributed by atoms with Crippen LogP contribution in [0.3, 0.4) is 0 Å². The molecule has 0 saturated carbocycles. The van der Waals surface area contributed by atoms with Crippen LogP contribution in [0, 0.1) is 0 Å². The van der Waals surface area contributed by atoms with Crippen LogP contribution < -0.4 is 5.32 Å². The molecular formula is C14H26N4O. The first kappa shape index (κ1) is 15.9. The topological polar surface area (TPSA) is 50.3 Å². The van der Waals surface area contributed by atoms with E-state index in [2.05, 4.69) is 41.0 Å². The molecule has 0 aromatic carbocycles. The van der Waals surface area contributed by atoms with E-state index in [1.165, 1.54) is 0 Å². The van der Waals surface area contributed by atoms with Gasteiger partial charge >= 0.3 is 0 Å². The predicted molar refractivity (Wildman–Crippen MR) is 78.2 cm³/mol. The Labute approximate surface area is 116 Å². The summed E-state index contributed by atoms with van der Waals surface area (Å²) in [6, 6.07) is 0.384. The lowest BCUT2D eigenvalue weighted by atomic mass is 10.2. The number of hydrogen-bond donors (Lipinski definition) is 1. The standard InChI is InChI=1S/C14H26N4O/c1-5-7-15-14-9-16-13(8-17-14)10-18(6-2)12(3)11-19-4/h8-9,12H,5-7,10-11H2,1-4H3,(H,15,17). The number of ether oxygens (including phenoxy) is 1. The molecule has 5 heteroatoms. The van der Waals surface area contributed by atoms with Crippen LogP contribution in [0.2, 0.25) is 0 Å². The van der Waals surface area contributed by atoms with Gasteiger partial charge in [0.15, 0.2) is 0 Å². The number of hydrogen-bond acceptors (Lipinski definition) is 5. The normalized spacial score (nSPS) is 12.7. The Morgan fingerprint density at radius 1 is 1.32 bits per heavy atom. The Morgan fingerprint density at radius 2 is 2.11 bits per heavy atom. The number of nitrogens with zero attached hydrogens (tertiary/aromatic N) is 3. The summed E-state index contributed by atoms with van der Waals surface area (Å²) in [6.45, 7) is 9.89. The van der Waals surface area contributed by atoms with Crippen LogP contribution in [0.1, 0.15) is 32.9 Å². The molecule has 1 aromatic rings. The average Bonchev–Trinajstić information content (AvgIpc) is 2.44. The molecule has 5 nitrogen and oxygen atoms in total. The van der Waals surface area contributed by atoms with Crippen molar-refractivity contribution < 1.29 is 4.74 Å². The first-order chi connectivity index (χ1) is 9.21. The van der Waals surface area contributed by atoms with Crippen LogP contribution >= 0.6 is 0 Å². The summed E-state index contributed by atoms with van der Waals surface area (Å²) in [4.78, 5) is 11.2. The second-order valence-electron chi connectivity index (χ2n) is 4.69. The zero-order valence-electron chi connectivity index (χ0n) is 12.5. The van der Waals surface area contributed by atoms with Gasteiger partial charge in [-0.3, -0.25) is 9.88 Å². The van der Waals surface area contributed by atoms with Gasteiger partial charge in [-0.15, -0.1) is 0 Å². The van der Waals surface area contributed by atoms with Gasteiger partial charge in [-0.1, -0.05) is 13.8 Å². The lowest BCUT2D eigenvalue weighted by Gasteiger charge is -2.26. The fraction of sp³-hybridized carbons (Fsp3) is 0.714. The molecule has 0 fully saturated rings. The van der Waals surface area contributed by atoms with E-state index in [1.807, 2.05) is 6.20 Å². The third kappa shape index (κ3) is 5.53. The van der Waals surface area contributed by atoms with E-state index in [1.54, 1.807) is 13.3 Å². The molecule has 0 radical (unpaired) electrons. The number of aromatic nitrogens is 2. The van der Waals surface area contributed by atoms with Gasteiger partial charge < -0.3 is 10.1 Å². The second kappa shape index (κ2) is 8.82. The van der Waals surface area contributed by atoms with Crippen molar-refractivity contribution in [3.63, 3.8) is 0 Å². The molecule has 0 saturated heterocycles. The fourth-order valence-electron chi connectivity index (χ4n) is 1.91. The summed E-state index contributed by atoms with van der Waals surface area (Å²) < 4.78 is 5.20. The average molecular weight is 266 g/mol. The molecule has 108 valence electrons. The van der Waals surface area contributed by atoms with Crippen LogP contribution in [0.15, 0.2) is 12.4 Å². The summed E-state index contributed by atoms with van der Waals surface area (Å²) in [5, 5.41) is 3.22. The molecule has 1 rings (SSSR count). The first-order valence-electron chi connectivity index (χ1n) is 6.99. The third-order valence-corrected chi connectivity index (χ3v) is 3.06. The molecule has 1 atom stereocenters. The predicted octanol–water partition coefficient (Wildman–Crippen LogP) is 2.16. The lowest BCUT2D eigenvalue weighted by Crippen LogP contribution is -2.35. The highest BCUT2D eigenvalue weighted by Crippen LogP contribution is 2.07. The zero-order chi connectivity index (χ0) is 14.1. The third-order valence-electron chi connectivity index (χ3n) is 3.06. The molecule has 1 unspecified atom stereocenters. The minimum absolute atomic E-state index is 0.384. The van der Waals surface area contributed by atoms with E-state index in [4.69, 9.17) is 4.74 Å². The van der Waals surface area contributed by atoms with Gasteiger partial charge in [0.25, 0.3) is 0 Å². The summed E-state index contributed by atoms with van der Waals surface area (Å²) in [6.07, 6.45) is 4.74. The maximum atomic E-state index is 5.20. The van der Waals surface area contributed by atoms with Crippen molar-refractivity contribution in [1.82, 2.24) is 14.9 Å². The SMILES string of the molecule is CCCNc1cnc(CN(CC)C(C)COC)cn1. The monoisotopic (exact) mass is 266 g/mol. The highest BCUT2D eigenvalue weighted by Gasteiger charge is 2.12. The van der Waals surface area contributed by atoms with Gasteiger partial charge in [-0.2, -0.15) is 0 Å². The molecule has 1 heterocycles. The van der Waals surface area contributed by atoms with E-state index in [9.17, 15) is 0 Å². The summed E-state index contributed by atoms with van der Waals surface area (Å²) >= 11 is 0. The Kier molecular flexibility index (Phi) is 7.36. The molecule has 0 amide bonds. The molecule has 19 heavy (non-hydrogen) atoms. The molecular weight excluding hydrogens is 240 g/mol. The van der Waals surface area contributed by atoms with Crippen LogP contribution in [-0.4, -0.2) is 47.7 Å². The second-order valence-corrected chi connectivity index (χ2v) is 4.69. The molecule has 0 aliphatic carbocycles. The highest BCUT2D eigenvalue weighted by molar-refractivity contribution is 5.30.